The number of carbonyl (C=O) groups excluding carboxylic acids is 1. The Morgan fingerprint density at radius 2 is 1.59 bits per heavy atom. The summed E-state index contributed by atoms with van der Waals surface area (Å²) in [7, 11) is -2.60. The highest BCUT2D eigenvalue weighted by molar-refractivity contribution is 7.92. The van der Waals surface area contributed by atoms with Crippen LogP contribution < -0.4 is 14.5 Å². The summed E-state index contributed by atoms with van der Waals surface area (Å²) in [5.41, 5.74) is 6.22. The lowest BCUT2D eigenvalue weighted by atomic mass is 10.1. The molecule has 5 aromatic rings. The smallest absolute Gasteiger partial charge is 0.273 e. The molecule has 0 aliphatic carbocycles. The van der Waals surface area contributed by atoms with E-state index in [0.717, 1.165) is 17.0 Å². The summed E-state index contributed by atoms with van der Waals surface area (Å²) in [6.07, 6.45) is 1.48. The van der Waals surface area contributed by atoms with Gasteiger partial charge in [-0.25, -0.2) is 18.2 Å². The number of halogens is 1. The molecule has 8 nitrogen and oxygen atoms in total. The molecule has 0 aliphatic rings. The van der Waals surface area contributed by atoms with Gasteiger partial charge in [-0.1, -0.05) is 54.6 Å². The van der Waals surface area contributed by atoms with E-state index in [0.29, 0.717) is 17.0 Å². The number of anilines is 1. The fourth-order valence-electron chi connectivity index (χ4n) is 4.95. The molecule has 10 heteroatoms. The third-order valence-corrected chi connectivity index (χ3v) is 8.94. The molecule has 0 spiro atoms. The molecule has 1 amide bonds. The Kier molecular flexibility index (Phi) is 8.91. The van der Waals surface area contributed by atoms with Crippen molar-refractivity contribution >= 4 is 27.8 Å². The van der Waals surface area contributed by atoms with Crippen molar-refractivity contribution in [3.05, 3.63) is 143 Å². The van der Waals surface area contributed by atoms with E-state index in [4.69, 9.17) is 4.74 Å². The quantitative estimate of drug-likeness (QED) is 0.146. The monoisotopic (exact) mass is 610 g/mol. The molecule has 0 bridgehead atoms. The number of aryl methyl sites for hydroxylation is 1. The first kappa shape index (κ1) is 30.2. The number of nitrogens with zero attached hydrogens (tertiary/aromatic N) is 3. The number of hydrazone groups is 1. The number of hydrogen-bond donors (Lipinski definition) is 1. The molecule has 0 atom stereocenters. The molecule has 0 radical (unpaired) electrons. The third-order valence-electron chi connectivity index (χ3n) is 7.17. The molecule has 0 saturated heterocycles. The minimum Gasteiger partial charge on any atom is -0.497 e. The lowest BCUT2D eigenvalue weighted by Gasteiger charge is -2.26. The van der Waals surface area contributed by atoms with E-state index in [2.05, 4.69) is 10.5 Å². The van der Waals surface area contributed by atoms with Gasteiger partial charge in [-0.3, -0.25) is 9.10 Å². The van der Waals surface area contributed by atoms with Crippen molar-refractivity contribution < 1.29 is 22.3 Å². The third kappa shape index (κ3) is 6.25. The highest BCUT2D eigenvalue weighted by Crippen LogP contribution is 2.30. The Hall–Kier alpha value is -5.22. The number of aromatic nitrogens is 1. The van der Waals surface area contributed by atoms with Gasteiger partial charge >= 0.3 is 0 Å². The molecule has 0 fully saturated rings. The molecule has 5 rings (SSSR count). The van der Waals surface area contributed by atoms with Gasteiger partial charge in [0.1, 0.15) is 11.6 Å². The van der Waals surface area contributed by atoms with E-state index in [1.807, 2.05) is 50.2 Å². The van der Waals surface area contributed by atoms with Gasteiger partial charge in [-0.2, -0.15) is 5.10 Å². The summed E-state index contributed by atoms with van der Waals surface area (Å²) in [6, 6.07) is 30.0. The van der Waals surface area contributed by atoms with Gasteiger partial charge in [-0.05, 0) is 74.0 Å². The number of nitrogens with one attached hydrogen (secondary N) is 1. The van der Waals surface area contributed by atoms with Crippen LogP contribution in [0.3, 0.4) is 0 Å². The Morgan fingerprint density at radius 1 is 0.932 bits per heavy atom. The molecule has 1 heterocycles. The van der Waals surface area contributed by atoms with Crippen molar-refractivity contribution in [3.8, 4) is 11.4 Å². The van der Waals surface area contributed by atoms with Gasteiger partial charge in [0, 0.05) is 17.0 Å². The Bertz CT molecular complexity index is 1920. The zero-order valence-electron chi connectivity index (χ0n) is 24.4. The molecule has 0 unspecified atom stereocenters. The number of para-hydroxylation sites is 2. The Morgan fingerprint density at radius 3 is 2.30 bits per heavy atom. The number of ether oxygens (including phenoxy) is 1. The summed E-state index contributed by atoms with van der Waals surface area (Å²) in [5, 5.41) is 4.16. The van der Waals surface area contributed by atoms with E-state index >= 15 is 0 Å². The molecule has 0 saturated carbocycles. The van der Waals surface area contributed by atoms with Crippen molar-refractivity contribution in [2.45, 2.75) is 25.3 Å². The van der Waals surface area contributed by atoms with Crippen LogP contribution >= 0.6 is 0 Å². The molecule has 0 aliphatic heterocycles. The molecule has 1 N–H and O–H groups in total. The van der Waals surface area contributed by atoms with Crippen LogP contribution in [0.15, 0.2) is 119 Å². The highest BCUT2D eigenvalue weighted by atomic mass is 32.2. The van der Waals surface area contributed by atoms with Crippen LogP contribution in [0.25, 0.3) is 5.69 Å². The SMILES string of the molecule is COc1ccc(S(=O)(=O)N(Cc2ccccc2)c2ccccc2C(=O)N/N=C\c2cc(C)n(-c3ccccc3F)c2C)cc1. The van der Waals surface area contributed by atoms with Gasteiger partial charge in [0.05, 0.1) is 41.7 Å². The number of methoxy groups -OCH3 is 1. The van der Waals surface area contributed by atoms with E-state index in [-0.39, 0.29) is 28.5 Å². The molecular formula is C34H31FN4O4S. The molecule has 4 aromatic carbocycles. The fourth-order valence-corrected chi connectivity index (χ4v) is 6.42. The van der Waals surface area contributed by atoms with Crippen LogP contribution in [0.5, 0.6) is 5.75 Å². The zero-order chi connectivity index (χ0) is 31.3. The van der Waals surface area contributed by atoms with E-state index in [1.54, 1.807) is 59.2 Å². The van der Waals surface area contributed by atoms with Crippen molar-refractivity contribution in [2.24, 2.45) is 5.10 Å². The first-order chi connectivity index (χ1) is 21.2. The van der Waals surface area contributed by atoms with Crippen LogP contribution in [-0.4, -0.2) is 32.2 Å². The summed E-state index contributed by atoms with van der Waals surface area (Å²) < 4.78 is 50.7. The zero-order valence-corrected chi connectivity index (χ0v) is 25.3. The van der Waals surface area contributed by atoms with E-state index in [1.165, 1.54) is 35.8 Å². The van der Waals surface area contributed by atoms with Crippen LogP contribution in [-0.2, 0) is 16.6 Å². The van der Waals surface area contributed by atoms with Crippen molar-refractivity contribution in [2.75, 3.05) is 11.4 Å². The fraction of sp³-hybridized carbons (Fsp3) is 0.118. The van der Waals surface area contributed by atoms with Crippen molar-refractivity contribution in [1.82, 2.24) is 9.99 Å². The number of carbonyl (C=O) groups is 1. The number of sulfonamides is 1. The predicted molar refractivity (Wildman–Crippen MR) is 170 cm³/mol. The maximum atomic E-state index is 14.5. The minimum atomic E-state index is -4.11. The maximum absolute atomic E-state index is 14.5. The van der Waals surface area contributed by atoms with E-state index in [9.17, 15) is 17.6 Å². The molecular weight excluding hydrogens is 579 g/mol. The minimum absolute atomic E-state index is 0.00913. The molecule has 224 valence electrons. The predicted octanol–water partition coefficient (Wildman–Crippen LogP) is 6.40. The Balaban J connectivity index is 1.46. The Labute approximate surface area is 256 Å². The topological polar surface area (TPSA) is 93.0 Å². The van der Waals surface area contributed by atoms with Crippen molar-refractivity contribution in [3.63, 3.8) is 0 Å². The lowest BCUT2D eigenvalue weighted by Crippen LogP contribution is -2.33. The normalized spacial score (nSPS) is 11.5. The second kappa shape index (κ2) is 13.0. The summed E-state index contributed by atoms with van der Waals surface area (Å²) in [6.45, 7) is 3.68. The molecule has 1 aromatic heterocycles. The van der Waals surface area contributed by atoms with Crippen molar-refractivity contribution in [1.29, 1.82) is 0 Å². The first-order valence-corrected chi connectivity index (χ1v) is 15.2. The van der Waals surface area contributed by atoms with Crippen LogP contribution in [0.2, 0.25) is 0 Å². The number of rotatable bonds is 10. The summed E-state index contributed by atoms with van der Waals surface area (Å²) >= 11 is 0. The largest absolute Gasteiger partial charge is 0.497 e. The average Bonchev–Trinajstić information content (AvgIpc) is 3.32. The highest BCUT2D eigenvalue weighted by Gasteiger charge is 2.28. The van der Waals surface area contributed by atoms with Gasteiger partial charge in [0.25, 0.3) is 15.9 Å². The van der Waals surface area contributed by atoms with Gasteiger partial charge in [0.2, 0.25) is 0 Å². The number of benzene rings is 4. The van der Waals surface area contributed by atoms with Gasteiger partial charge < -0.3 is 9.30 Å². The lowest BCUT2D eigenvalue weighted by molar-refractivity contribution is 0.0955. The number of hydrogen-bond acceptors (Lipinski definition) is 5. The standard InChI is InChI=1S/C34H31FN4O4S/c1-24-21-27(25(2)39(24)33-16-10-8-14-31(33)35)22-36-37-34(40)30-13-7-9-15-32(30)38(23-26-11-5-4-6-12-26)44(41,42)29-19-17-28(43-3)18-20-29/h4-22H,23H2,1-3H3,(H,37,40)/b36-22-. The van der Waals surface area contributed by atoms with Gasteiger partial charge in [-0.15, -0.1) is 0 Å². The summed E-state index contributed by atoms with van der Waals surface area (Å²) in [4.78, 5) is 13.5. The second-order valence-corrected chi connectivity index (χ2v) is 11.9. The second-order valence-electron chi connectivity index (χ2n) is 10.0. The van der Waals surface area contributed by atoms with Crippen LogP contribution in [0.1, 0.15) is 32.9 Å². The van der Waals surface area contributed by atoms with Gasteiger partial charge in [0.15, 0.2) is 0 Å². The average molecular weight is 611 g/mol. The molecule has 44 heavy (non-hydrogen) atoms. The maximum Gasteiger partial charge on any atom is 0.273 e. The van der Waals surface area contributed by atoms with Crippen LogP contribution in [0, 0.1) is 19.7 Å². The summed E-state index contributed by atoms with van der Waals surface area (Å²) in [5.74, 6) is -0.430. The van der Waals surface area contributed by atoms with Crippen LogP contribution in [0.4, 0.5) is 10.1 Å². The van der Waals surface area contributed by atoms with E-state index < -0.39 is 15.9 Å². The number of amides is 1. The first-order valence-electron chi connectivity index (χ1n) is 13.8.